The van der Waals surface area contributed by atoms with Crippen molar-refractivity contribution in [2.45, 2.75) is 24.8 Å². The summed E-state index contributed by atoms with van der Waals surface area (Å²) in [6.45, 7) is 2.77. The molecule has 0 atom stereocenters. The Morgan fingerprint density at radius 2 is 1.93 bits per heavy atom. The van der Waals surface area contributed by atoms with Gasteiger partial charge in [0.25, 0.3) is 5.91 Å². The first-order valence-electron chi connectivity index (χ1n) is 8.97. The Morgan fingerprint density at radius 1 is 1.11 bits per heavy atom. The van der Waals surface area contributed by atoms with Crippen molar-refractivity contribution in [3.63, 3.8) is 0 Å². The summed E-state index contributed by atoms with van der Waals surface area (Å²) in [7, 11) is -3.66. The number of benzene rings is 2. The maximum Gasteiger partial charge on any atom is 0.255 e. The van der Waals surface area contributed by atoms with Gasteiger partial charge in [0.05, 0.1) is 4.90 Å². The van der Waals surface area contributed by atoms with Gasteiger partial charge in [-0.15, -0.1) is 11.3 Å². The van der Waals surface area contributed by atoms with Crippen molar-refractivity contribution >= 4 is 33.0 Å². The van der Waals surface area contributed by atoms with Gasteiger partial charge in [-0.25, -0.2) is 8.42 Å². The van der Waals surface area contributed by atoms with Crippen LogP contribution in [0.4, 0.5) is 5.69 Å². The average Bonchev–Trinajstić information content (AvgIpc) is 3.16. The standard InChI is InChI=1S/C21H20N2O3S2/c1-15-4-2-6-18(12-15)22-21(24)16-5-3-7-19(13-16)28(25,26)23-10-8-20-17(14-23)9-11-27-20/h2-7,9,11-13H,8,10,14H2,1H3,(H,22,24). The van der Waals surface area contributed by atoms with Crippen molar-refractivity contribution in [2.75, 3.05) is 11.9 Å². The normalized spacial score (nSPS) is 14.5. The summed E-state index contributed by atoms with van der Waals surface area (Å²) < 4.78 is 27.7. The summed E-state index contributed by atoms with van der Waals surface area (Å²) in [6, 6.07) is 15.7. The van der Waals surface area contributed by atoms with Gasteiger partial charge in [0.2, 0.25) is 10.0 Å². The third-order valence-corrected chi connectivity index (χ3v) is 7.65. The van der Waals surface area contributed by atoms with Gasteiger partial charge in [0, 0.05) is 29.2 Å². The summed E-state index contributed by atoms with van der Waals surface area (Å²) in [5.74, 6) is -0.332. The maximum atomic E-state index is 13.1. The molecular formula is C21H20N2O3S2. The molecule has 1 aliphatic rings. The lowest BCUT2D eigenvalue weighted by Crippen LogP contribution is -2.35. The largest absolute Gasteiger partial charge is 0.322 e. The highest BCUT2D eigenvalue weighted by atomic mass is 32.2. The molecule has 28 heavy (non-hydrogen) atoms. The number of carbonyl (C=O) groups is 1. The molecular weight excluding hydrogens is 392 g/mol. The predicted octanol–water partition coefficient (Wildman–Crippen LogP) is 4.06. The fraction of sp³-hybridized carbons (Fsp3) is 0.190. The van der Waals surface area contributed by atoms with Crippen LogP contribution < -0.4 is 5.32 Å². The number of amides is 1. The summed E-state index contributed by atoms with van der Waals surface area (Å²) in [4.78, 5) is 14.0. The van der Waals surface area contributed by atoms with E-state index in [2.05, 4.69) is 5.32 Å². The first-order chi connectivity index (χ1) is 13.4. The van der Waals surface area contributed by atoms with Gasteiger partial charge in [-0.2, -0.15) is 4.31 Å². The van der Waals surface area contributed by atoms with Crippen molar-refractivity contribution < 1.29 is 13.2 Å². The van der Waals surface area contributed by atoms with E-state index in [4.69, 9.17) is 0 Å². The van der Waals surface area contributed by atoms with E-state index in [1.807, 2.05) is 36.6 Å². The highest BCUT2D eigenvalue weighted by molar-refractivity contribution is 7.89. The van der Waals surface area contributed by atoms with Crippen LogP contribution in [0.25, 0.3) is 0 Å². The van der Waals surface area contributed by atoms with Crippen molar-refractivity contribution in [3.8, 4) is 0 Å². The molecule has 7 heteroatoms. The molecule has 0 unspecified atom stereocenters. The number of thiophene rings is 1. The number of hydrogen-bond acceptors (Lipinski definition) is 4. The van der Waals surface area contributed by atoms with E-state index < -0.39 is 10.0 Å². The number of nitrogens with one attached hydrogen (secondary N) is 1. The smallest absolute Gasteiger partial charge is 0.255 e. The minimum absolute atomic E-state index is 0.142. The molecule has 1 aromatic heterocycles. The lowest BCUT2D eigenvalue weighted by Gasteiger charge is -2.26. The first-order valence-corrected chi connectivity index (χ1v) is 11.3. The third-order valence-electron chi connectivity index (χ3n) is 4.78. The molecule has 1 aliphatic heterocycles. The molecule has 0 bridgehead atoms. The van der Waals surface area contributed by atoms with Crippen LogP contribution in [-0.2, 0) is 23.0 Å². The number of rotatable bonds is 4. The van der Waals surface area contributed by atoms with Gasteiger partial charge in [0.15, 0.2) is 0 Å². The van der Waals surface area contributed by atoms with Gasteiger partial charge in [-0.3, -0.25) is 4.79 Å². The van der Waals surface area contributed by atoms with Gasteiger partial charge in [-0.1, -0.05) is 18.2 Å². The second-order valence-electron chi connectivity index (χ2n) is 6.81. The molecule has 1 N–H and O–H groups in total. The SMILES string of the molecule is Cc1cccc(NC(=O)c2cccc(S(=O)(=O)N3CCc4sccc4C3)c2)c1. The summed E-state index contributed by atoms with van der Waals surface area (Å²) >= 11 is 1.67. The number of nitrogens with zero attached hydrogens (tertiary/aromatic N) is 1. The van der Waals surface area contributed by atoms with E-state index >= 15 is 0 Å². The molecule has 0 saturated heterocycles. The van der Waals surface area contributed by atoms with Gasteiger partial charge < -0.3 is 5.32 Å². The molecule has 4 rings (SSSR count). The fourth-order valence-corrected chi connectivity index (χ4v) is 5.66. The minimum Gasteiger partial charge on any atom is -0.322 e. The van der Waals surface area contributed by atoms with Crippen LogP contribution in [0.5, 0.6) is 0 Å². The number of hydrogen-bond donors (Lipinski definition) is 1. The van der Waals surface area contributed by atoms with Crippen LogP contribution in [0.1, 0.15) is 26.4 Å². The predicted molar refractivity (Wildman–Crippen MR) is 111 cm³/mol. The molecule has 0 aliphatic carbocycles. The molecule has 0 spiro atoms. The number of carbonyl (C=O) groups excluding carboxylic acids is 1. The Bertz CT molecular complexity index is 1140. The van der Waals surface area contributed by atoms with E-state index in [-0.39, 0.29) is 10.8 Å². The Balaban J connectivity index is 1.57. The summed E-state index contributed by atoms with van der Waals surface area (Å²) in [5.41, 5.74) is 3.09. The van der Waals surface area contributed by atoms with Crippen molar-refractivity contribution in [2.24, 2.45) is 0 Å². The fourth-order valence-electron chi connectivity index (χ4n) is 3.30. The second-order valence-corrected chi connectivity index (χ2v) is 9.75. The van der Waals surface area contributed by atoms with E-state index in [9.17, 15) is 13.2 Å². The molecule has 2 aromatic carbocycles. The zero-order valence-electron chi connectivity index (χ0n) is 15.4. The minimum atomic E-state index is -3.66. The lowest BCUT2D eigenvalue weighted by molar-refractivity contribution is 0.102. The molecule has 3 aromatic rings. The first kappa shape index (κ1) is 18.9. The summed E-state index contributed by atoms with van der Waals surface area (Å²) in [5, 5.41) is 4.82. The molecule has 0 saturated carbocycles. The van der Waals surface area contributed by atoms with Gasteiger partial charge in [-0.05, 0) is 66.2 Å². The van der Waals surface area contributed by atoms with Crippen LogP contribution in [0.2, 0.25) is 0 Å². The van der Waals surface area contributed by atoms with E-state index in [1.165, 1.54) is 15.2 Å². The Morgan fingerprint density at radius 3 is 2.75 bits per heavy atom. The highest BCUT2D eigenvalue weighted by Crippen LogP contribution is 2.28. The van der Waals surface area contributed by atoms with Crippen LogP contribution in [-0.4, -0.2) is 25.2 Å². The topological polar surface area (TPSA) is 66.5 Å². The second kappa shape index (κ2) is 7.50. The van der Waals surface area contributed by atoms with Crippen molar-refractivity contribution in [1.29, 1.82) is 0 Å². The third kappa shape index (κ3) is 3.73. The average molecular weight is 413 g/mol. The quantitative estimate of drug-likeness (QED) is 0.703. The molecule has 144 valence electrons. The molecule has 1 amide bonds. The van der Waals surface area contributed by atoms with E-state index in [0.717, 1.165) is 17.5 Å². The zero-order chi connectivity index (χ0) is 19.7. The number of fused-ring (bicyclic) bond motifs is 1. The molecule has 5 nitrogen and oxygen atoms in total. The van der Waals surface area contributed by atoms with Crippen LogP contribution in [0, 0.1) is 6.92 Å². The maximum absolute atomic E-state index is 13.1. The highest BCUT2D eigenvalue weighted by Gasteiger charge is 2.29. The Kier molecular flexibility index (Phi) is 5.05. The summed E-state index contributed by atoms with van der Waals surface area (Å²) in [6.07, 6.45) is 0.722. The Labute approximate surface area is 168 Å². The van der Waals surface area contributed by atoms with Crippen LogP contribution in [0.3, 0.4) is 0 Å². The molecule has 2 heterocycles. The number of anilines is 1. The lowest BCUT2D eigenvalue weighted by atomic mass is 10.1. The Hall–Kier alpha value is -2.48. The molecule has 0 fully saturated rings. The van der Waals surface area contributed by atoms with E-state index in [0.29, 0.717) is 24.3 Å². The zero-order valence-corrected chi connectivity index (χ0v) is 17.0. The van der Waals surface area contributed by atoms with E-state index in [1.54, 1.807) is 35.6 Å². The number of sulfonamides is 1. The van der Waals surface area contributed by atoms with Crippen LogP contribution in [0.15, 0.2) is 64.9 Å². The van der Waals surface area contributed by atoms with Crippen LogP contribution >= 0.6 is 11.3 Å². The monoisotopic (exact) mass is 412 g/mol. The van der Waals surface area contributed by atoms with Gasteiger partial charge in [0.1, 0.15) is 0 Å². The van der Waals surface area contributed by atoms with Crippen molar-refractivity contribution in [3.05, 3.63) is 81.5 Å². The molecule has 0 radical (unpaired) electrons. The van der Waals surface area contributed by atoms with Crippen molar-refractivity contribution in [1.82, 2.24) is 4.31 Å². The van der Waals surface area contributed by atoms with Gasteiger partial charge >= 0.3 is 0 Å². The number of aryl methyl sites for hydroxylation is 1.